The van der Waals surface area contributed by atoms with Crippen molar-refractivity contribution in [2.45, 2.75) is 56.7 Å². The standard InChI is InChI=1S/C14H19N3O9/c1-6(18)12(22)10(5-25-9(4)21)26-11(16-17-15)13(23,7(2)19)14(12,24)8(3)20/h10-11,22-24H,5H2,1-4H3/t10-,11?,12-,13+,14+/m1/s1/i1D,2D,3D,4D. The number of hydrogen-bond donors (Lipinski definition) is 3. The summed E-state index contributed by atoms with van der Waals surface area (Å²) in [5.41, 5.74) is -2.50. The molecule has 0 aromatic rings. The van der Waals surface area contributed by atoms with E-state index in [4.69, 9.17) is 15.8 Å². The molecule has 1 aliphatic rings. The van der Waals surface area contributed by atoms with Crippen molar-refractivity contribution >= 4 is 23.3 Å². The lowest BCUT2D eigenvalue weighted by molar-refractivity contribution is -0.320. The average molecular weight is 377 g/mol. The molecular formula is C14H19N3O9. The second-order valence-corrected chi connectivity index (χ2v) is 5.38. The molecule has 0 aliphatic carbocycles. The number of esters is 1. The summed E-state index contributed by atoms with van der Waals surface area (Å²) in [5.74, 6) is -6.37. The third-order valence-electron chi connectivity index (χ3n) is 4.03. The highest BCUT2D eigenvalue weighted by atomic mass is 16.6. The van der Waals surface area contributed by atoms with Gasteiger partial charge in [0.1, 0.15) is 12.7 Å². The summed E-state index contributed by atoms with van der Waals surface area (Å²) in [7, 11) is 0. The predicted octanol–water partition coefficient (Wildman–Crippen LogP) is -1.46. The van der Waals surface area contributed by atoms with Gasteiger partial charge in [-0.05, 0) is 26.2 Å². The summed E-state index contributed by atoms with van der Waals surface area (Å²) >= 11 is 0. The fraction of sp³-hybridized carbons (Fsp3) is 0.714. The van der Waals surface area contributed by atoms with Crippen molar-refractivity contribution in [1.29, 1.82) is 0 Å². The fourth-order valence-corrected chi connectivity index (χ4v) is 2.69. The lowest BCUT2D eigenvalue weighted by Gasteiger charge is -2.56. The topological polar surface area (TPSA) is 196 Å². The Kier molecular flexibility index (Phi) is 4.33. The largest absolute Gasteiger partial charge is 0.463 e. The van der Waals surface area contributed by atoms with Crippen LogP contribution in [0.25, 0.3) is 10.4 Å². The Morgan fingerprint density at radius 3 is 2.19 bits per heavy atom. The maximum Gasteiger partial charge on any atom is 0.302 e. The Labute approximate surface area is 152 Å². The fourth-order valence-electron chi connectivity index (χ4n) is 2.69. The molecule has 1 unspecified atom stereocenters. The van der Waals surface area contributed by atoms with Crippen LogP contribution in [0.4, 0.5) is 0 Å². The summed E-state index contributed by atoms with van der Waals surface area (Å²) in [5, 5.41) is 36.1. The first-order valence-corrected chi connectivity index (χ1v) is 6.76. The molecule has 0 amide bonds. The van der Waals surface area contributed by atoms with Crippen LogP contribution in [0, 0.1) is 0 Å². The molecule has 26 heavy (non-hydrogen) atoms. The first kappa shape index (κ1) is 15.9. The van der Waals surface area contributed by atoms with E-state index in [9.17, 15) is 34.5 Å². The van der Waals surface area contributed by atoms with Crippen molar-refractivity contribution in [3.05, 3.63) is 10.4 Å². The number of Topliss-reactive ketones (excluding diaryl/α,β-unsaturated/α-hetero) is 3. The van der Waals surface area contributed by atoms with E-state index in [1.54, 1.807) is 0 Å². The van der Waals surface area contributed by atoms with E-state index in [0.29, 0.717) is 0 Å². The first-order chi connectivity index (χ1) is 14.0. The SMILES string of the molecule is [2H]CC(=O)OC[C@H]1OC(N=[N+]=[N-])[C@@](O)(C(=O)C[2H])[C@](O)(C(=O)C[2H])[C@@]1(O)C(=O)C[2H]. The van der Waals surface area contributed by atoms with Crippen LogP contribution in [0.15, 0.2) is 5.11 Å². The van der Waals surface area contributed by atoms with Gasteiger partial charge in [0.25, 0.3) is 0 Å². The van der Waals surface area contributed by atoms with Gasteiger partial charge in [-0.25, -0.2) is 0 Å². The van der Waals surface area contributed by atoms with Crippen molar-refractivity contribution in [3.63, 3.8) is 0 Å². The van der Waals surface area contributed by atoms with Crippen molar-refractivity contribution in [1.82, 2.24) is 0 Å². The van der Waals surface area contributed by atoms with Crippen molar-refractivity contribution in [2.24, 2.45) is 5.11 Å². The summed E-state index contributed by atoms with van der Waals surface area (Å²) in [4.78, 5) is 51.0. The number of carbonyl (C=O) groups excluding carboxylic acids is 4. The molecule has 12 heteroatoms. The van der Waals surface area contributed by atoms with Crippen LogP contribution in [-0.4, -0.2) is 74.4 Å². The van der Waals surface area contributed by atoms with E-state index in [2.05, 4.69) is 14.8 Å². The molecule has 0 spiro atoms. The molecule has 5 atom stereocenters. The molecule has 1 saturated heterocycles. The Balaban J connectivity index is 3.90. The van der Waals surface area contributed by atoms with Gasteiger partial charge in [-0.15, -0.1) is 0 Å². The van der Waals surface area contributed by atoms with Gasteiger partial charge in [0, 0.05) is 17.3 Å². The molecule has 3 N–H and O–H groups in total. The van der Waals surface area contributed by atoms with Gasteiger partial charge in [-0.3, -0.25) is 19.2 Å². The van der Waals surface area contributed by atoms with E-state index in [1.807, 2.05) is 0 Å². The van der Waals surface area contributed by atoms with E-state index in [1.165, 1.54) is 0 Å². The molecule has 0 saturated carbocycles. The minimum Gasteiger partial charge on any atom is -0.463 e. The monoisotopic (exact) mass is 377 g/mol. The van der Waals surface area contributed by atoms with Crippen LogP contribution >= 0.6 is 0 Å². The lowest BCUT2D eigenvalue weighted by atomic mass is 9.60. The zero-order valence-corrected chi connectivity index (χ0v) is 13.3. The van der Waals surface area contributed by atoms with Gasteiger partial charge >= 0.3 is 5.97 Å². The van der Waals surface area contributed by atoms with E-state index < -0.39 is 86.7 Å². The zero-order valence-electron chi connectivity index (χ0n) is 17.3. The molecule has 0 bridgehead atoms. The van der Waals surface area contributed by atoms with Crippen molar-refractivity contribution in [3.8, 4) is 0 Å². The summed E-state index contributed by atoms with van der Waals surface area (Å²) in [6.45, 7) is -6.10. The highest BCUT2D eigenvalue weighted by molar-refractivity contribution is 6.05. The van der Waals surface area contributed by atoms with Crippen LogP contribution in [0.5, 0.6) is 0 Å². The number of carbonyl (C=O) groups is 4. The first-order valence-electron chi connectivity index (χ1n) is 9.59. The highest BCUT2D eigenvalue weighted by Gasteiger charge is 2.78. The molecule has 12 nitrogen and oxygen atoms in total. The zero-order chi connectivity index (χ0) is 23.3. The van der Waals surface area contributed by atoms with Gasteiger partial charge in [-0.1, -0.05) is 5.11 Å². The minimum absolute atomic E-state index is 0.908. The van der Waals surface area contributed by atoms with E-state index in [-0.39, 0.29) is 0 Å². The Morgan fingerprint density at radius 1 is 1.12 bits per heavy atom. The van der Waals surface area contributed by atoms with Crippen LogP contribution < -0.4 is 0 Å². The third-order valence-corrected chi connectivity index (χ3v) is 4.03. The maximum absolute atomic E-state index is 12.5. The summed E-state index contributed by atoms with van der Waals surface area (Å²) < 4.78 is 38.2. The predicted molar refractivity (Wildman–Crippen MR) is 81.3 cm³/mol. The number of ether oxygens (including phenoxy) is 2. The summed E-state index contributed by atoms with van der Waals surface area (Å²) in [6.07, 6.45) is -4.76. The molecule has 0 radical (unpaired) electrons. The molecule has 144 valence electrons. The number of nitrogens with zero attached hydrogens (tertiary/aromatic N) is 3. The second-order valence-electron chi connectivity index (χ2n) is 5.38. The normalized spacial score (nSPS) is 38.6. The molecule has 1 fully saturated rings. The molecule has 1 rings (SSSR count). The number of aliphatic hydroxyl groups is 3. The van der Waals surface area contributed by atoms with Crippen molar-refractivity contribution < 1.29 is 49.5 Å². The summed E-state index contributed by atoms with van der Waals surface area (Å²) in [6, 6.07) is 0. The van der Waals surface area contributed by atoms with E-state index >= 15 is 0 Å². The molecule has 0 aromatic carbocycles. The van der Waals surface area contributed by atoms with Crippen molar-refractivity contribution in [2.75, 3.05) is 6.61 Å². The minimum atomic E-state index is -3.91. The Hall–Kier alpha value is -2.37. The van der Waals surface area contributed by atoms with Crippen LogP contribution in [0.1, 0.15) is 33.1 Å². The number of azide groups is 1. The van der Waals surface area contributed by atoms with Crippen LogP contribution in [-0.2, 0) is 28.7 Å². The molecular weight excluding hydrogens is 354 g/mol. The quantitative estimate of drug-likeness (QED) is 0.214. The third kappa shape index (κ3) is 2.77. The average Bonchev–Trinajstić information content (AvgIpc) is 2.76. The van der Waals surface area contributed by atoms with Gasteiger partial charge in [0.05, 0.1) is 0 Å². The van der Waals surface area contributed by atoms with Crippen LogP contribution in [0.2, 0.25) is 0 Å². The second kappa shape index (κ2) is 7.09. The number of rotatable bonds is 6. The van der Waals surface area contributed by atoms with Gasteiger partial charge in [0.15, 0.2) is 40.4 Å². The Bertz CT molecular complexity index is 780. The van der Waals surface area contributed by atoms with Gasteiger partial charge in [0.2, 0.25) is 0 Å². The van der Waals surface area contributed by atoms with Crippen LogP contribution in [0.3, 0.4) is 0 Å². The lowest BCUT2D eigenvalue weighted by Crippen LogP contribution is -2.86. The van der Waals surface area contributed by atoms with Gasteiger partial charge < -0.3 is 24.8 Å². The molecule has 1 aliphatic heterocycles. The number of ketones is 3. The van der Waals surface area contributed by atoms with E-state index in [0.717, 1.165) is 0 Å². The highest BCUT2D eigenvalue weighted by Crippen LogP contribution is 2.47. The van der Waals surface area contributed by atoms with Gasteiger partial charge in [-0.2, -0.15) is 0 Å². The Morgan fingerprint density at radius 2 is 1.69 bits per heavy atom. The number of hydrogen-bond acceptors (Lipinski definition) is 10. The maximum atomic E-state index is 12.5. The molecule has 0 aromatic heterocycles. The molecule has 1 heterocycles. The smallest absolute Gasteiger partial charge is 0.302 e.